The monoisotopic (exact) mass is 303 g/mol. The van der Waals surface area contributed by atoms with Gasteiger partial charge in [0.25, 0.3) is 0 Å². The van der Waals surface area contributed by atoms with Crippen molar-refractivity contribution >= 4 is 17.0 Å². The summed E-state index contributed by atoms with van der Waals surface area (Å²) >= 11 is 1.46. The van der Waals surface area contributed by atoms with Gasteiger partial charge >= 0.3 is 5.69 Å². The summed E-state index contributed by atoms with van der Waals surface area (Å²) in [5.41, 5.74) is 1.43. The van der Waals surface area contributed by atoms with Crippen molar-refractivity contribution < 1.29 is 14.8 Å². The lowest BCUT2D eigenvalue weighted by atomic mass is 10.2. The zero-order chi connectivity index (χ0) is 15.2. The second-order valence-corrected chi connectivity index (χ2v) is 5.19. The van der Waals surface area contributed by atoms with Gasteiger partial charge < -0.3 is 9.84 Å². The van der Waals surface area contributed by atoms with Gasteiger partial charge in [-0.3, -0.25) is 10.1 Å². The topological polar surface area (TPSA) is 72.6 Å². The maximum absolute atomic E-state index is 11.0. The smallest absolute Gasteiger partial charge is 0.311 e. The Kier molecular flexibility index (Phi) is 4.93. The summed E-state index contributed by atoms with van der Waals surface area (Å²) in [7, 11) is 0. The lowest BCUT2D eigenvalue weighted by Crippen LogP contribution is -2.00. The van der Waals surface area contributed by atoms with Crippen molar-refractivity contribution in [1.82, 2.24) is 0 Å². The van der Waals surface area contributed by atoms with Gasteiger partial charge in [-0.25, -0.2) is 0 Å². The number of rotatable bonds is 4. The molecule has 1 heterocycles. The minimum Gasteiger partial charge on any atom is -0.481 e. The van der Waals surface area contributed by atoms with Gasteiger partial charge in [0.2, 0.25) is 0 Å². The average molecular weight is 303 g/mol. The Labute approximate surface area is 126 Å². The van der Waals surface area contributed by atoms with Crippen molar-refractivity contribution in [3.05, 3.63) is 55.8 Å². The first-order valence-electron chi connectivity index (χ1n) is 6.16. The second kappa shape index (κ2) is 6.88. The van der Waals surface area contributed by atoms with Gasteiger partial charge in [0.15, 0.2) is 5.75 Å². The minimum atomic E-state index is -0.455. The van der Waals surface area contributed by atoms with Crippen LogP contribution < -0.4 is 4.74 Å². The molecule has 21 heavy (non-hydrogen) atoms. The number of nitro groups is 1. The van der Waals surface area contributed by atoms with E-state index in [1.807, 2.05) is 11.4 Å². The summed E-state index contributed by atoms with van der Waals surface area (Å²) in [5, 5.41) is 21.6. The fourth-order valence-electron chi connectivity index (χ4n) is 1.80. The first kappa shape index (κ1) is 15.0. The summed E-state index contributed by atoms with van der Waals surface area (Å²) in [6.45, 7) is 1.77. The molecule has 1 aromatic carbocycles. The molecule has 2 aromatic rings. The van der Waals surface area contributed by atoms with Crippen molar-refractivity contribution in [3.8, 4) is 17.6 Å². The average Bonchev–Trinajstić information content (AvgIpc) is 2.90. The number of aryl methyl sites for hydroxylation is 1. The number of thiophene rings is 1. The third-order valence-electron chi connectivity index (χ3n) is 2.78. The number of aliphatic hydroxyl groups is 1. The van der Waals surface area contributed by atoms with Gasteiger partial charge in [0, 0.05) is 11.6 Å². The summed E-state index contributed by atoms with van der Waals surface area (Å²) in [5.74, 6) is 5.68. The molecule has 0 atom stereocenters. The molecule has 0 aliphatic carbocycles. The van der Waals surface area contributed by atoms with Crippen LogP contribution in [0.2, 0.25) is 0 Å². The van der Waals surface area contributed by atoms with E-state index in [2.05, 4.69) is 11.8 Å². The Morgan fingerprint density at radius 2 is 2.24 bits per heavy atom. The minimum absolute atomic E-state index is 0.0467. The van der Waals surface area contributed by atoms with Crippen LogP contribution >= 0.6 is 11.3 Å². The number of aliphatic hydroxyl groups excluding tert-OH is 1. The van der Waals surface area contributed by atoms with Crippen LogP contribution in [0.25, 0.3) is 0 Å². The van der Waals surface area contributed by atoms with Gasteiger partial charge in [-0.1, -0.05) is 24.0 Å². The highest BCUT2D eigenvalue weighted by atomic mass is 32.1. The first-order chi connectivity index (χ1) is 10.1. The van der Waals surface area contributed by atoms with Crippen LogP contribution in [-0.2, 0) is 6.61 Å². The number of nitrogens with zero attached hydrogens (tertiary/aromatic N) is 1. The van der Waals surface area contributed by atoms with Gasteiger partial charge in [-0.15, -0.1) is 11.3 Å². The van der Waals surface area contributed by atoms with E-state index in [0.29, 0.717) is 5.56 Å². The van der Waals surface area contributed by atoms with Crippen molar-refractivity contribution in [1.29, 1.82) is 0 Å². The van der Waals surface area contributed by atoms with Crippen LogP contribution in [0.4, 0.5) is 5.69 Å². The molecule has 0 fully saturated rings. The SMILES string of the molecule is Cc1cccc([N+](=O)[O-])c1OCc1sccc1C#CCO. The van der Waals surface area contributed by atoms with E-state index >= 15 is 0 Å². The molecule has 0 bridgehead atoms. The van der Waals surface area contributed by atoms with E-state index < -0.39 is 4.92 Å². The molecule has 0 saturated heterocycles. The van der Waals surface area contributed by atoms with Crippen molar-refractivity contribution in [2.45, 2.75) is 13.5 Å². The molecular formula is C15H13NO4S. The van der Waals surface area contributed by atoms with Crippen LogP contribution in [0, 0.1) is 28.9 Å². The Morgan fingerprint density at radius 3 is 2.95 bits per heavy atom. The third kappa shape index (κ3) is 3.60. The van der Waals surface area contributed by atoms with Gasteiger partial charge in [0.1, 0.15) is 13.2 Å². The molecule has 0 unspecified atom stereocenters. The summed E-state index contributed by atoms with van der Waals surface area (Å²) < 4.78 is 5.63. The molecule has 0 aliphatic heterocycles. The number of ether oxygens (including phenoxy) is 1. The molecular weight excluding hydrogens is 290 g/mol. The highest BCUT2D eigenvalue weighted by molar-refractivity contribution is 7.10. The van der Waals surface area contributed by atoms with E-state index in [4.69, 9.17) is 9.84 Å². The predicted molar refractivity (Wildman–Crippen MR) is 80.4 cm³/mol. The number of para-hydroxylation sites is 1. The van der Waals surface area contributed by atoms with Crippen LogP contribution in [0.5, 0.6) is 5.75 Å². The van der Waals surface area contributed by atoms with Gasteiger partial charge in [0.05, 0.1) is 9.80 Å². The van der Waals surface area contributed by atoms with E-state index in [9.17, 15) is 10.1 Å². The molecule has 6 heteroatoms. The van der Waals surface area contributed by atoms with Crippen LogP contribution in [0.15, 0.2) is 29.6 Å². The van der Waals surface area contributed by atoms with Crippen molar-refractivity contribution in [3.63, 3.8) is 0 Å². The van der Waals surface area contributed by atoms with E-state index in [1.54, 1.807) is 19.1 Å². The molecule has 0 radical (unpaired) electrons. The zero-order valence-corrected chi connectivity index (χ0v) is 12.1. The Morgan fingerprint density at radius 1 is 1.43 bits per heavy atom. The number of nitro benzene ring substituents is 1. The largest absolute Gasteiger partial charge is 0.481 e. The van der Waals surface area contributed by atoms with E-state index in [0.717, 1.165) is 10.4 Å². The Hall–Kier alpha value is -2.36. The standard InChI is InChI=1S/C15H13NO4S/c1-11-4-2-6-13(16(18)19)15(11)20-10-14-12(5-3-8-17)7-9-21-14/h2,4,6-7,9,17H,8,10H2,1H3. The first-order valence-corrected chi connectivity index (χ1v) is 7.04. The second-order valence-electron chi connectivity index (χ2n) is 4.19. The lowest BCUT2D eigenvalue weighted by molar-refractivity contribution is -0.386. The highest BCUT2D eigenvalue weighted by Gasteiger charge is 2.17. The normalized spacial score (nSPS) is 9.81. The predicted octanol–water partition coefficient (Wildman–Crippen LogP) is 2.89. The molecule has 2 rings (SSSR count). The van der Waals surface area contributed by atoms with E-state index in [1.165, 1.54) is 17.4 Å². The number of benzene rings is 1. The summed E-state index contributed by atoms with van der Waals surface area (Å²) in [6.07, 6.45) is 0. The zero-order valence-electron chi connectivity index (χ0n) is 11.3. The van der Waals surface area contributed by atoms with Crippen LogP contribution in [-0.4, -0.2) is 16.6 Å². The molecule has 0 saturated carbocycles. The fraction of sp³-hybridized carbons (Fsp3) is 0.200. The maximum Gasteiger partial charge on any atom is 0.311 e. The third-order valence-corrected chi connectivity index (χ3v) is 3.68. The molecule has 1 aromatic heterocycles. The number of hydrogen-bond acceptors (Lipinski definition) is 5. The fourth-order valence-corrected chi connectivity index (χ4v) is 2.55. The Bertz CT molecular complexity index is 712. The van der Waals surface area contributed by atoms with Gasteiger partial charge in [-0.05, 0) is 23.9 Å². The molecule has 0 aliphatic rings. The highest BCUT2D eigenvalue weighted by Crippen LogP contribution is 2.31. The Balaban J connectivity index is 2.21. The molecule has 0 amide bonds. The molecule has 0 spiro atoms. The van der Waals surface area contributed by atoms with E-state index in [-0.39, 0.29) is 24.7 Å². The van der Waals surface area contributed by atoms with Crippen molar-refractivity contribution in [2.24, 2.45) is 0 Å². The summed E-state index contributed by atoms with van der Waals surface area (Å²) in [4.78, 5) is 11.4. The maximum atomic E-state index is 11.0. The van der Waals surface area contributed by atoms with Crippen molar-refractivity contribution in [2.75, 3.05) is 6.61 Å². The lowest BCUT2D eigenvalue weighted by Gasteiger charge is -2.08. The van der Waals surface area contributed by atoms with Crippen LogP contribution in [0.1, 0.15) is 16.0 Å². The molecule has 108 valence electrons. The van der Waals surface area contributed by atoms with Crippen LogP contribution in [0.3, 0.4) is 0 Å². The van der Waals surface area contributed by atoms with Gasteiger partial charge in [-0.2, -0.15) is 0 Å². The molecule has 1 N–H and O–H groups in total. The molecule has 5 nitrogen and oxygen atoms in total. The number of hydrogen-bond donors (Lipinski definition) is 1. The summed E-state index contributed by atoms with van der Waals surface area (Å²) in [6, 6.07) is 6.65. The quantitative estimate of drug-likeness (QED) is 0.535.